The molecule has 0 fully saturated rings. The summed E-state index contributed by atoms with van der Waals surface area (Å²) < 4.78 is 55.8. The van der Waals surface area contributed by atoms with Gasteiger partial charge in [-0.1, -0.05) is 18.2 Å². The Labute approximate surface area is 256 Å². The van der Waals surface area contributed by atoms with E-state index in [4.69, 9.17) is 9.47 Å². The molecule has 10 nitrogen and oxygen atoms in total. The number of halogens is 3. The van der Waals surface area contributed by atoms with Crippen molar-refractivity contribution < 1.29 is 37.0 Å². The predicted molar refractivity (Wildman–Crippen MR) is 158 cm³/mol. The van der Waals surface area contributed by atoms with Crippen LogP contribution in [0.1, 0.15) is 32.0 Å². The summed E-state index contributed by atoms with van der Waals surface area (Å²) in [6.07, 6.45) is 0. The van der Waals surface area contributed by atoms with E-state index in [2.05, 4.69) is 10.4 Å². The molecule has 5 rings (SSSR count). The molecule has 1 aliphatic heterocycles. The molecule has 0 radical (unpaired) electrons. The van der Waals surface area contributed by atoms with Crippen LogP contribution < -0.4 is 10.1 Å². The van der Waals surface area contributed by atoms with Gasteiger partial charge in [0.15, 0.2) is 5.69 Å². The zero-order chi connectivity index (χ0) is 32.2. The molecule has 2 amide bonds. The number of anilines is 1. The molecule has 0 bridgehead atoms. The van der Waals surface area contributed by atoms with Gasteiger partial charge in [0, 0.05) is 36.8 Å². The summed E-state index contributed by atoms with van der Waals surface area (Å²) in [5.41, 5.74) is 1.00. The summed E-state index contributed by atoms with van der Waals surface area (Å²) in [4.78, 5) is 42.5. The molecule has 4 aromatic rings. The Bertz CT molecular complexity index is 1770. The lowest BCUT2D eigenvalue weighted by molar-refractivity contribution is -0.117. The number of benzene rings is 3. The summed E-state index contributed by atoms with van der Waals surface area (Å²) >= 11 is 0. The first kappa shape index (κ1) is 31.3. The Kier molecular flexibility index (Phi) is 9.18. The van der Waals surface area contributed by atoms with Crippen LogP contribution in [0.5, 0.6) is 5.75 Å². The highest BCUT2D eigenvalue weighted by atomic mass is 19.1. The smallest absolute Gasteiger partial charge is 0.338 e. The first-order valence-electron chi connectivity index (χ1n) is 13.9. The van der Waals surface area contributed by atoms with E-state index >= 15 is 0 Å². The van der Waals surface area contributed by atoms with Crippen LogP contribution in [0.2, 0.25) is 0 Å². The second kappa shape index (κ2) is 13.2. The van der Waals surface area contributed by atoms with Crippen molar-refractivity contribution in [1.29, 1.82) is 0 Å². The summed E-state index contributed by atoms with van der Waals surface area (Å²) in [7, 11) is 5.22. The fourth-order valence-electron chi connectivity index (χ4n) is 4.87. The van der Waals surface area contributed by atoms with Crippen LogP contribution >= 0.6 is 0 Å². The maximum absolute atomic E-state index is 14.7. The molecule has 0 saturated carbocycles. The van der Waals surface area contributed by atoms with E-state index in [1.54, 1.807) is 13.1 Å². The maximum atomic E-state index is 14.7. The van der Waals surface area contributed by atoms with Crippen molar-refractivity contribution in [3.05, 3.63) is 100 Å². The molecule has 0 saturated heterocycles. The van der Waals surface area contributed by atoms with Gasteiger partial charge < -0.3 is 24.6 Å². The van der Waals surface area contributed by atoms with E-state index in [1.165, 1.54) is 47.1 Å². The largest absolute Gasteiger partial charge is 0.488 e. The third-order valence-electron chi connectivity index (χ3n) is 7.11. The van der Waals surface area contributed by atoms with Crippen molar-refractivity contribution in [2.24, 2.45) is 7.05 Å². The van der Waals surface area contributed by atoms with Gasteiger partial charge in [0.05, 0.1) is 16.9 Å². The van der Waals surface area contributed by atoms with E-state index in [1.807, 2.05) is 19.0 Å². The van der Waals surface area contributed by atoms with Crippen molar-refractivity contribution in [2.45, 2.75) is 13.2 Å². The third-order valence-corrected chi connectivity index (χ3v) is 7.11. The van der Waals surface area contributed by atoms with Crippen LogP contribution in [0.3, 0.4) is 0 Å². The molecule has 13 heteroatoms. The van der Waals surface area contributed by atoms with E-state index in [0.29, 0.717) is 29.1 Å². The van der Waals surface area contributed by atoms with Crippen molar-refractivity contribution in [3.8, 4) is 17.0 Å². The van der Waals surface area contributed by atoms with Crippen molar-refractivity contribution in [3.63, 3.8) is 0 Å². The molecule has 0 atom stereocenters. The van der Waals surface area contributed by atoms with E-state index in [9.17, 15) is 27.6 Å². The van der Waals surface area contributed by atoms with Crippen LogP contribution in [0, 0.1) is 17.5 Å². The lowest BCUT2D eigenvalue weighted by atomic mass is 10.0. The number of likely N-dealkylation sites (N-methyl/N-ethyl adjacent to an activating group) is 1. The van der Waals surface area contributed by atoms with Gasteiger partial charge in [-0.05, 0) is 56.6 Å². The molecular weight excluding hydrogens is 591 g/mol. The van der Waals surface area contributed by atoms with Crippen LogP contribution in [0.4, 0.5) is 18.9 Å². The Hall–Kier alpha value is -5.17. The maximum Gasteiger partial charge on any atom is 0.338 e. The van der Waals surface area contributed by atoms with Crippen molar-refractivity contribution >= 4 is 23.5 Å². The highest BCUT2D eigenvalue weighted by molar-refractivity contribution is 6.01. The van der Waals surface area contributed by atoms with Gasteiger partial charge >= 0.3 is 5.97 Å². The first-order valence-corrected chi connectivity index (χ1v) is 13.9. The average Bonchev–Trinajstić information content (AvgIpc) is 3.34. The Balaban J connectivity index is 1.41. The van der Waals surface area contributed by atoms with Gasteiger partial charge in [0.25, 0.3) is 5.91 Å². The number of nitrogens with one attached hydrogen (secondary N) is 1. The minimum Gasteiger partial charge on any atom is -0.488 e. The number of nitrogens with zero attached hydrogens (tertiary/aromatic N) is 4. The van der Waals surface area contributed by atoms with Crippen LogP contribution in [-0.2, 0) is 29.7 Å². The first-order chi connectivity index (χ1) is 21.5. The third kappa shape index (κ3) is 6.99. The molecule has 1 aromatic heterocycles. The summed E-state index contributed by atoms with van der Waals surface area (Å²) in [6.45, 7) is -0.401. The number of hydrogen-bond acceptors (Lipinski definition) is 7. The number of hydrogen-bond donors (Lipinski definition) is 1. The topological polar surface area (TPSA) is 106 Å². The predicted octanol–water partition coefficient (Wildman–Crippen LogP) is 4.40. The molecular formula is C32H30F3N5O5. The van der Waals surface area contributed by atoms with Gasteiger partial charge in [0.2, 0.25) is 5.91 Å². The number of ether oxygens (including phenoxy) is 2. The van der Waals surface area contributed by atoms with Crippen molar-refractivity contribution in [2.75, 3.05) is 39.1 Å². The van der Waals surface area contributed by atoms with Crippen LogP contribution in [0.25, 0.3) is 11.3 Å². The summed E-state index contributed by atoms with van der Waals surface area (Å²) in [5, 5.41) is 6.75. The molecule has 0 spiro atoms. The average molecular weight is 622 g/mol. The van der Waals surface area contributed by atoms with Gasteiger partial charge in [-0.2, -0.15) is 5.10 Å². The lowest BCUT2D eigenvalue weighted by Gasteiger charge is -2.23. The Morgan fingerprint density at radius 1 is 1.02 bits per heavy atom. The standard InChI is InChI=1S/C32H30F3N5O5/c1-38(2)12-13-44-32(43)19-8-10-25(35)26(14-19)36-28(41)17-40(16-20-6-4-5-7-24(20)34)31(42)29-23-18-45-27-11-9-21(33)15-22(27)30(23)39(3)37-29/h4-11,14-15H,12-13,16-18H2,1-3H3,(H,36,41). The van der Waals surface area contributed by atoms with E-state index in [-0.39, 0.29) is 42.3 Å². The number of rotatable bonds is 10. The number of carbonyl (C=O) groups excluding carboxylic acids is 3. The van der Waals surface area contributed by atoms with E-state index < -0.39 is 41.8 Å². The second-order valence-corrected chi connectivity index (χ2v) is 10.7. The Morgan fingerprint density at radius 2 is 1.80 bits per heavy atom. The van der Waals surface area contributed by atoms with E-state index in [0.717, 1.165) is 17.0 Å². The number of carbonyl (C=O) groups is 3. The minimum atomic E-state index is -0.818. The summed E-state index contributed by atoms with van der Waals surface area (Å²) in [5.74, 6) is -3.75. The molecule has 0 unspecified atom stereocenters. The monoisotopic (exact) mass is 621 g/mol. The zero-order valence-corrected chi connectivity index (χ0v) is 24.8. The zero-order valence-electron chi connectivity index (χ0n) is 24.8. The molecule has 2 heterocycles. The fourth-order valence-corrected chi connectivity index (χ4v) is 4.87. The lowest BCUT2D eigenvalue weighted by Crippen LogP contribution is -2.38. The van der Waals surface area contributed by atoms with Crippen LogP contribution in [-0.4, -0.2) is 71.2 Å². The highest BCUT2D eigenvalue weighted by Gasteiger charge is 2.32. The second-order valence-electron chi connectivity index (χ2n) is 10.7. The number of aryl methyl sites for hydroxylation is 1. The fraction of sp³-hybridized carbons (Fsp3) is 0.250. The van der Waals surface area contributed by atoms with Crippen LogP contribution in [0.15, 0.2) is 60.7 Å². The molecule has 1 N–H and O–H groups in total. The number of aromatic nitrogens is 2. The number of esters is 1. The SMILES string of the molecule is CN(C)CCOC(=O)c1ccc(F)c(NC(=O)CN(Cc2ccccc2F)C(=O)c2nn(C)c3c2COc2ccc(F)cc2-3)c1. The molecule has 234 valence electrons. The number of amides is 2. The minimum absolute atomic E-state index is 0.0153. The Morgan fingerprint density at radius 3 is 2.56 bits per heavy atom. The van der Waals surface area contributed by atoms with Gasteiger partial charge in [-0.15, -0.1) is 0 Å². The van der Waals surface area contributed by atoms with Gasteiger partial charge in [-0.25, -0.2) is 18.0 Å². The molecule has 45 heavy (non-hydrogen) atoms. The highest BCUT2D eigenvalue weighted by Crippen LogP contribution is 2.39. The quantitative estimate of drug-likeness (QED) is 0.262. The van der Waals surface area contributed by atoms with Gasteiger partial charge in [-0.3, -0.25) is 14.3 Å². The normalized spacial score (nSPS) is 11.8. The summed E-state index contributed by atoms with van der Waals surface area (Å²) in [6, 6.07) is 13.2. The molecule has 3 aromatic carbocycles. The molecule has 1 aliphatic rings. The van der Waals surface area contributed by atoms with Crippen molar-refractivity contribution in [1.82, 2.24) is 19.6 Å². The van der Waals surface area contributed by atoms with Gasteiger partial charge in [0.1, 0.15) is 43.0 Å². The molecule has 0 aliphatic carbocycles. The number of fused-ring (bicyclic) bond motifs is 3.